The minimum atomic E-state index is -0.215. The van der Waals surface area contributed by atoms with Crippen LogP contribution in [0.2, 0.25) is 5.02 Å². The van der Waals surface area contributed by atoms with Crippen molar-refractivity contribution >= 4 is 28.4 Å². The van der Waals surface area contributed by atoms with E-state index in [-0.39, 0.29) is 24.4 Å². The molecule has 5 rings (SSSR count). The van der Waals surface area contributed by atoms with Crippen molar-refractivity contribution in [3.63, 3.8) is 0 Å². The summed E-state index contributed by atoms with van der Waals surface area (Å²) in [6.07, 6.45) is 2.04. The number of nitrogens with one attached hydrogen (secondary N) is 1. The van der Waals surface area contributed by atoms with E-state index in [4.69, 9.17) is 16.7 Å². The zero-order chi connectivity index (χ0) is 25.1. The molecule has 0 bridgehead atoms. The maximum absolute atomic E-state index is 13.4. The number of benzene rings is 3. The van der Waals surface area contributed by atoms with Gasteiger partial charge in [0.25, 0.3) is 5.56 Å². The Balaban J connectivity index is 1.45. The number of carbonyl (C=O) groups excluding carboxylic acids is 1. The molecule has 2 heterocycles. The van der Waals surface area contributed by atoms with Crippen LogP contribution in [-0.4, -0.2) is 37.1 Å². The van der Waals surface area contributed by atoms with Gasteiger partial charge in [0.05, 0.1) is 35.2 Å². The van der Waals surface area contributed by atoms with Gasteiger partial charge >= 0.3 is 0 Å². The second kappa shape index (κ2) is 10.2. The summed E-state index contributed by atoms with van der Waals surface area (Å²) in [6, 6.07) is 24.3. The van der Waals surface area contributed by atoms with Crippen LogP contribution in [0.5, 0.6) is 0 Å². The minimum absolute atomic E-state index is 0.0869. The predicted molar refractivity (Wildman–Crippen MR) is 141 cm³/mol. The smallest absolute Gasteiger partial charge is 0.258 e. The Morgan fingerprint density at radius 1 is 1.00 bits per heavy atom. The average Bonchev–Trinajstić information content (AvgIpc) is 3.32. The van der Waals surface area contributed by atoms with E-state index in [1.54, 1.807) is 27.8 Å². The zero-order valence-corrected chi connectivity index (χ0v) is 20.4. The van der Waals surface area contributed by atoms with Crippen LogP contribution < -0.4 is 5.56 Å². The fraction of sp³-hybridized carbons (Fsp3) is 0.143. The van der Waals surface area contributed by atoms with Gasteiger partial charge in [-0.3, -0.25) is 9.59 Å². The molecule has 0 aliphatic heterocycles. The summed E-state index contributed by atoms with van der Waals surface area (Å²) in [6.45, 7) is 2.58. The normalized spacial score (nSPS) is 11.1. The molecular weight excluding hydrogens is 474 g/mol. The highest BCUT2D eigenvalue weighted by atomic mass is 35.5. The molecule has 0 saturated carbocycles. The Bertz CT molecular complexity index is 1580. The third kappa shape index (κ3) is 4.92. The van der Waals surface area contributed by atoms with E-state index >= 15 is 0 Å². The zero-order valence-electron chi connectivity index (χ0n) is 19.7. The van der Waals surface area contributed by atoms with Crippen molar-refractivity contribution in [2.24, 2.45) is 0 Å². The van der Waals surface area contributed by atoms with Gasteiger partial charge in [0.1, 0.15) is 5.82 Å². The monoisotopic (exact) mass is 497 g/mol. The van der Waals surface area contributed by atoms with Gasteiger partial charge in [-0.05, 0) is 43.3 Å². The minimum Gasteiger partial charge on any atom is -0.335 e. The predicted octanol–water partition coefficient (Wildman–Crippen LogP) is 5.02. The van der Waals surface area contributed by atoms with Crippen molar-refractivity contribution in [1.82, 2.24) is 24.6 Å². The van der Waals surface area contributed by atoms with Crippen molar-refractivity contribution < 1.29 is 4.79 Å². The van der Waals surface area contributed by atoms with Crippen LogP contribution in [-0.2, 0) is 17.8 Å². The number of aromatic nitrogens is 4. The number of H-pyrrole nitrogens is 1. The largest absolute Gasteiger partial charge is 0.335 e. The van der Waals surface area contributed by atoms with E-state index in [0.717, 1.165) is 22.5 Å². The van der Waals surface area contributed by atoms with Crippen LogP contribution in [0.25, 0.3) is 27.8 Å². The summed E-state index contributed by atoms with van der Waals surface area (Å²) in [5.41, 5.74) is 3.68. The number of fused-ring (bicyclic) bond motifs is 1. The number of carbonyl (C=O) groups is 1. The molecule has 0 radical (unpaired) electrons. The second-order valence-corrected chi connectivity index (χ2v) is 8.84. The third-order valence-corrected chi connectivity index (χ3v) is 6.26. The Labute approximate surface area is 213 Å². The van der Waals surface area contributed by atoms with E-state index in [9.17, 15) is 9.59 Å². The molecule has 8 heteroatoms. The third-order valence-electron chi connectivity index (χ3n) is 6.01. The van der Waals surface area contributed by atoms with Crippen LogP contribution in [0, 0.1) is 0 Å². The molecule has 1 amide bonds. The number of hydrogen-bond donors (Lipinski definition) is 1. The molecule has 0 spiro atoms. The molecule has 5 aromatic rings. The van der Waals surface area contributed by atoms with Gasteiger partial charge in [0, 0.05) is 28.9 Å². The van der Waals surface area contributed by atoms with Gasteiger partial charge in [0.2, 0.25) is 5.91 Å². The van der Waals surface area contributed by atoms with E-state index in [2.05, 4.69) is 9.97 Å². The van der Waals surface area contributed by atoms with Gasteiger partial charge in [-0.25, -0.2) is 9.67 Å². The first kappa shape index (κ1) is 23.5. The van der Waals surface area contributed by atoms with Crippen LogP contribution >= 0.6 is 11.6 Å². The number of aromatic amines is 1. The number of para-hydroxylation sites is 2. The number of amides is 1. The molecule has 0 aliphatic carbocycles. The lowest BCUT2D eigenvalue weighted by Crippen LogP contribution is -2.33. The van der Waals surface area contributed by atoms with Gasteiger partial charge in [-0.15, -0.1) is 0 Å². The molecule has 0 fully saturated rings. The quantitative estimate of drug-likeness (QED) is 0.342. The summed E-state index contributed by atoms with van der Waals surface area (Å²) < 4.78 is 1.78. The molecule has 1 N–H and O–H groups in total. The van der Waals surface area contributed by atoms with Crippen molar-refractivity contribution in [2.45, 2.75) is 19.9 Å². The summed E-state index contributed by atoms with van der Waals surface area (Å²) in [5, 5.41) is 5.95. The summed E-state index contributed by atoms with van der Waals surface area (Å²) in [5.74, 6) is 0.364. The van der Waals surface area contributed by atoms with Crippen molar-refractivity contribution in [2.75, 3.05) is 6.54 Å². The topological polar surface area (TPSA) is 83.9 Å². The first-order valence-corrected chi connectivity index (χ1v) is 12.0. The Hall–Kier alpha value is -4.23. The molecule has 36 heavy (non-hydrogen) atoms. The van der Waals surface area contributed by atoms with E-state index < -0.39 is 0 Å². The van der Waals surface area contributed by atoms with Gasteiger partial charge in [-0.2, -0.15) is 5.10 Å². The first-order chi connectivity index (χ1) is 17.5. The van der Waals surface area contributed by atoms with E-state index in [1.165, 1.54) is 0 Å². The highest BCUT2D eigenvalue weighted by molar-refractivity contribution is 6.30. The SMILES string of the molecule is CCN(Cc1nc2ccccc2c(=O)[nH]1)C(=O)Cc1cn(-c2ccccc2)nc1-c1ccc(Cl)cc1. The van der Waals surface area contributed by atoms with Crippen LogP contribution in [0.1, 0.15) is 18.3 Å². The molecule has 3 aromatic carbocycles. The van der Waals surface area contributed by atoms with Crippen molar-refractivity contribution in [3.05, 3.63) is 112 Å². The van der Waals surface area contributed by atoms with Crippen LogP contribution in [0.3, 0.4) is 0 Å². The number of rotatable bonds is 7. The van der Waals surface area contributed by atoms with E-state index in [1.807, 2.05) is 73.8 Å². The molecule has 0 atom stereocenters. The second-order valence-electron chi connectivity index (χ2n) is 8.40. The number of halogens is 1. The van der Waals surface area contributed by atoms with Gasteiger partial charge < -0.3 is 9.88 Å². The van der Waals surface area contributed by atoms with Crippen LogP contribution in [0.4, 0.5) is 0 Å². The molecule has 0 unspecified atom stereocenters. The first-order valence-electron chi connectivity index (χ1n) is 11.7. The molecule has 180 valence electrons. The Morgan fingerprint density at radius 3 is 2.47 bits per heavy atom. The molecule has 0 aliphatic rings. The lowest BCUT2D eigenvalue weighted by Gasteiger charge is -2.20. The van der Waals surface area contributed by atoms with Crippen molar-refractivity contribution in [3.8, 4) is 16.9 Å². The molecule has 0 saturated heterocycles. The highest BCUT2D eigenvalue weighted by Crippen LogP contribution is 2.26. The maximum Gasteiger partial charge on any atom is 0.258 e. The van der Waals surface area contributed by atoms with Gasteiger partial charge in [0.15, 0.2) is 0 Å². The van der Waals surface area contributed by atoms with E-state index in [0.29, 0.717) is 28.3 Å². The number of hydrogen-bond acceptors (Lipinski definition) is 4. The lowest BCUT2D eigenvalue weighted by molar-refractivity contribution is -0.131. The Morgan fingerprint density at radius 2 is 1.72 bits per heavy atom. The molecular formula is C28H24ClN5O2. The standard InChI is InChI=1S/C28H24ClN5O2/c1-2-33(18-25-30-24-11-7-6-10-23(24)28(36)31-25)26(35)16-20-17-34(22-8-4-3-5-9-22)32-27(20)19-12-14-21(29)15-13-19/h3-15,17H,2,16,18H2,1H3,(H,30,31,36). The molecule has 2 aromatic heterocycles. The average molecular weight is 498 g/mol. The summed E-state index contributed by atoms with van der Waals surface area (Å²) in [7, 11) is 0. The lowest BCUT2D eigenvalue weighted by atomic mass is 10.1. The number of nitrogens with zero attached hydrogens (tertiary/aromatic N) is 4. The summed E-state index contributed by atoms with van der Waals surface area (Å²) >= 11 is 6.09. The summed E-state index contributed by atoms with van der Waals surface area (Å²) in [4.78, 5) is 34.9. The van der Waals surface area contributed by atoms with Crippen LogP contribution in [0.15, 0.2) is 89.9 Å². The Kier molecular flexibility index (Phi) is 6.64. The molecule has 7 nitrogen and oxygen atoms in total. The fourth-order valence-corrected chi connectivity index (χ4v) is 4.27. The number of likely N-dealkylation sites (N-methyl/N-ethyl adjacent to an activating group) is 1. The highest BCUT2D eigenvalue weighted by Gasteiger charge is 2.20. The fourth-order valence-electron chi connectivity index (χ4n) is 4.14. The van der Waals surface area contributed by atoms with Crippen molar-refractivity contribution in [1.29, 1.82) is 0 Å². The maximum atomic E-state index is 13.4. The van der Waals surface area contributed by atoms with Gasteiger partial charge in [-0.1, -0.05) is 54.1 Å².